The molecule has 2 aliphatic heterocycles. The van der Waals surface area contributed by atoms with Crippen molar-refractivity contribution >= 4 is 17.2 Å². The minimum Gasteiger partial charge on any atom is -0.335 e. The second-order valence-corrected chi connectivity index (χ2v) is 7.62. The molecule has 122 valence electrons. The van der Waals surface area contributed by atoms with Gasteiger partial charge in [-0.25, -0.2) is 0 Å². The van der Waals surface area contributed by atoms with Crippen LogP contribution in [-0.2, 0) is 0 Å². The van der Waals surface area contributed by atoms with E-state index in [0.29, 0.717) is 6.04 Å². The Balaban J connectivity index is 1.56. The van der Waals surface area contributed by atoms with Gasteiger partial charge in [0.2, 0.25) is 0 Å². The smallest absolute Gasteiger partial charge is 0.264 e. The van der Waals surface area contributed by atoms with Gasteiger partial charge in [-0.1, -0.05) is 18.9 Å². The Labute approximate surface area is 138 Å². The molecule has 4 heteroatoms. The summed E-state index contributed by atoms with van der Waals surface area (Å²) in [4.78, 5) is 18.4. The Bertz CT molecular complexity index is 452. The van der Waals surface area contributed by atoms with Crippen molar-refractivity contribution in [2.24, 2.45) is 0 Å². The van der Waals surface area contributed by atoms with E-state index in [4.69, 9.17) is 0 Å². The molecular weight excluding hydrogens is 292 g/mol. The topological polar surface area (TPSA) is 23.6 Å². The van der Waals surface area contributed by atoms with Gasteiger partial charge in [-0.2, -0.15) is 0 Å². The number of hydrogen-bond donors (Lipinski definition) is 0. The van der Waals surface area contributed by atoms with Crippen LogP contribution in [-0.4, -0.2) is 47.9 Å². The Kier molecular flexibility index (Phi) is 5.90. The summed E-state index contributed by atoms with van der Waals surface area (Å²) in [5, 5.41) is 2.00. The molecule has 2 fully saturated rings. The van der Waals surface area contributed by atoms with E-state index in [9.17, 15) is 4.79 Å². The molecule has 0 radical (unpaired) electrons. The first-order valence-corrected chi connectivity index (χ1v) is 9.79. The van der Waals surface area contributed by atoms with Crippen molar-refractivity contribution in [3.63, 3.8) is 0 Å². The maximum atomic E-state index is 12.7. The third kappa shape index (κ3) is 4.11. The molecule has 0 spiro atoms. The van der Waals surface area contributed by atoms with Crippen molar-refractivity contribution in [1.82, 2.24) is 9.80 Å². The highest BCUT2D eigenvalue weighted by molar-refractivity contribution is 7.12. The van der Waals surface area contributed by atoms with Crippen molar-refractivity contribution in [3.8, 4) is 0 Å². The average molecular weight is 321 g/mol. The predicted molar refractivity (Wildman–Crippen MR) is 92.5 cm³/mol. The molecule has 0 aromatic carbocycles. The second-order valence-electron chi connectivity index (χ2n) is 6.67. The normalized spacial score (nSPS) is 24.2. The largest absolute Gasteiger partial charge is 0.335 e. The summed E-state index contributed by atoms with van der Waals surface area (Å²) in [5.41, 5.74) is 0. The molecule has 1 aromatic heterocycles. The van der Waals surface area contributed by atoms with Gasteiger partial charge < -0.3 is 9.80 Å². The molecule has 0 bridgehead atoms. The van der Waals surface area contributed by atoms with Gasteiger partial charge in [0, 0.05) is 19.1 Å². The van der Waals surface area contributed by atoms with Crippen LogP contribution in [0, 0.1) is 0 Å². The zero-order valence-electron chi connectivity index (χ0n) is 13.5. The van der Waals surface area contributed by atoms with Crippen LogP contribution >= 0.6 is 11.3 Å². The summed E-state index contributed by atoms with van der Waals surface area (Å²) in [6.07, 6.45) is 10.3. The van der Waals surface area contributed by atoms with Crippen LogP contribution in [0.3, 0.4) is 0 Å². The third-order valence-corrected chi connectivity index (χ3v) is 5.96. The van der Waals surface area contributed by atoms with Crippen LogP contribution in [0.25, 0.3) is 0 Å². The average Bonchev–Trinajstić information content (AvgIpc) is 2.97. The first kappa shape index (κ1) is 16.0. The molecule has 3 heterocycles. The van der Waals surface area contributed by atoms with Gasteiger partial charge in [0.25, 0.3) is 5.91 Å². The second kappa shape index (κ2) is 8.11. The Morgan fingerprint density at radius 2 is 1.86 bits per heavy atom. The minimum absolute atomic E-state index is 0.260. The van der Waals surface area contributed by atoms with E-state index >= 15 is 0 Å². The predicted octanol–water partition coefficient (Wildman–Crippen LogP) is 4.01. The van der Waals surface area contributed by atoms with Crippen LogP contribution in [0.15, 0.2) is 17.5 Å². The highest BCUT2D eigenvalue weighted by Crippen LogP contribution is 2.24. The lowest BCUT2D eigenvalue weighted by Crippen LogP contribution is -2.45. The highest BCUT2D eigenvalue weighted by atomic mass is 32.1. The number of piperidine rings is 1. The molecule has 22 heavy (non-hydrogen) atoms. The summed E-state index contributed by atoms with van der Waals surface area (Å²) in [6.45, 7) is 4.62. The van der Waals surface area contributed by atoms with Gasteiger partial charge in [-0.3, -0.25) is 4.79 Å². The number of amides is 1. The van der Waals surface area contributed by atoms with Gasteiger partial charge in [0.15, 0.2) is 0 Å². The summed E-state index contributed by atoms with van der Waals surface area (Å²) in [7, 11) is 0. The Morgan fingerprint density at radius 1 is 1.09 bits per heavy atom. The van der Waals surface area contributed by atoms with Crippen LogP contribution in [0.4, 0.5) is 0 Å². The van der Waals surface area contributed by atoms with Crippen LogP contribution in [0.2, 0.25) is 0 Å². The molecule has 3 rings (SSSR count). The molecule has 1 atom stereocenters. The van der Waals surface area contributed by atoms with E-state index in [-0.39, 0.29) is 5.91 Å². The zero-order chi connectivity index (χ0) is 15.2. The van der Waals surface area contributed by atoms with Gasteiger partial charge >= 0.3 is 0 Å². The molecule has 0 N–H and O–H groups in total. The molecule has 2 aliphatic rings. The number of hydrogen-bond acceptors (Lipinski definition) is 3. The molecule has 0 unspecified atom stereocenters. The molecule has 2 saturated heterocycles. The molecule has 1 aromatic rings. The Hall–Kier alpha value is -0.870. The third-order valence-electron chi connectivity index (χ3n) is 5.10. The van der Waals surface area contributed by atoms with Gasteiger partial charge in [-0.15, -0.1) is 11.3 Å². The molecule has 3 nitrogen and oxygen atoms in total. The standard InChI is InChI=1S/C18H28N2OS/c21-18(17-9-7-15-22-17)20-13-6-3-8-16(20)10-14-19-11-4-1-2-5-12-19/h7,9,15-16H,1-6,8,10-14H2/t16-/m0/s1. The number of nitrogens with zero attached hydrogens (tertiary/aromatic N) is 2. The van der Waals surface area contributed by atoms with E-state index < -0.39 is 0 Å². The molecule has 0 aliphatic carbocycles. The lowest BCUT2D eigenvalue weighted by Gasteiger charge is -2.36. The minimum atomic E-state index is 0.260. The zero-order valence-corrected chi connectivity index (χ0v) is 14.3. The number of rotatable bonds is 4. The summed E-state index contributed by atoms with van der Waals surface area (Å²) in [6, 6.07) is 4.40. The number of carbonyl (C=O) groups excluding carboxylic acids is 1. The lowest BCUT2D eigenvalue weighted by atomic mass is 9.98. The maximum Gasteiger partial charge on any atom is 0.264 e. The number of likely N-dealkylation sites (tertiary alicyclic amines) is 2. The number of carbonyl (C=O) groups is 1. The van der Waals surface area contributed by atoms with Gasteiger partial charge in [-0.05, 0) is 63.1 Å². The fourth-order valence-corrected chi connectivity index (χ4v) is 4.48. The summed E-state index contributed by atoms with van der Waals surface area (Å²) < 4.78 is 0. The van der Waals surface area contributed by atoms with Gasteiger partial charge in [0.1, 0.15) is 0 Å². The van der Waals surface area contributed by atoms with Crippen molar-refractivity contribution in [1.29, 1.82) is 0 Å². The van der Waals surface area contributed by atoms with E-state index in [1.54, 1.807) is 11.3 Å². The highest BCUT2D eigenvalue weighted by Gasteiger charge is 2.28. The van der Waals surface area contributed by atoms with Crippen molar-refractivity contribution in [3.05, 3.63) is 22.4 Å². The quantitative estimate of drug-likeness (QED) is 0.837. The van der Waals surface area contributed by atoms with E-state index in [1.165, 1.54) is 58.2 Å². The lowest BCUT2D eigenvalue weighted by molar-refractivity contribution is 0.0589. The fraction of sp³-hybridized carbons (Fsp3) is 0.722. The maximum absolute atomic E-state index is 12.7. The summed E-state index contributed by atoms with van der Waals surface area (Å²) in [5.74, 6) is 0.260. The fourth-order valence-electron chi connectivity index (χ4n) is 3.80. The van der Waals surface area contributed by atoms with E-state index in [0.717, 1.165) is 24.3 Å². The van der Waals surface area contributed by atoms with Crippen LogP contribution in [0.1, 0.15) is 61.0 Å². The van der Waals surface area contributed by atoms with Crippen LogP contribution < -0.4 is 0 Å². The Morgan fingerprint density at radius 3 is 2.59 bits per heavy atom. The van der Waals surface area contributed by atoms with E-state index in [1.807, 2.05) is 17.5 Å². The van der Waals surface area contributed by atoms with Crippen molar-refractivity contribution in [2.75, 3.05) is 26.2 Å². The SMILES string of the molecule is O=C(c1cccs1)N1CCCC[C@H]1CCN1CCCCCC1. The first-order chi connectivity index (χ1) is 10.8. The summed E-state index contributed by atoms with van der Waals surface area (Å²) >= 11 is 1.57. The van der Waals surface area contributed by atoms with E-state index in [2.05, 4.69) is 9.80 Å². The van der Waals surface area contributed by atoms with Crippen LogP contribution in [0.5, 0.6) is 0 Å². The first-order valence-electron chi connectivity index (χ1n) is 8.91. The number of thiophene rings is 1. The monoisotopic (exact) mass is 320 g/mol. The van der Waals surface area contributed by atoms with Crippen molar-refractivity contribution < 1.29 is 4.79 Å². The molecule has 0 saturated carbocycles. The van der Waals surface area contributed by atoms with Gasteiger partial charge in [0.05, 0.1) is 4.88 Å². The molecule has 1 amide bonds. The van der Waals surface area contributed by atoms with Crippen molar-refractivity contribution in [2.45, 2.75) is 57.4 Å². The molecular formula is C18H28N2OS.